The number of nitrogens with one attached hydrogen (secondary N) is 1. The van der Waals surface area contributed by atoms with E-state index in [2.05, 4.69) is 20.9 Å². The Morgan fingerprint density at radius 2 is 1.96 bits per heavy atom. The number of carbonyl (C=O) groups excluding carboxylic acids is 1. The number of aromatic nitrogens is 1. The summed E-state index contributed by atoms with van der Waals surface area (Å²) in [6, 6.07) is 15.5. The number of halogens is 1. The van der Waals surface area contributed by atoms with Crippen LogP contribution in [0.15, 0.2) is 53.0 Å². The Balaban J connectivity index is 1.85. The molecular formula is C18H16BrNO3. The standard InChI is InChI=1S/C18H16BrNO3/c1-2-22-18(21)15-10-13-14(20-15)8-9-16(17(13)19)23-11-12-6-4-3-5-7-12/h3-10,20H,2,11H2,1H3. The maximum Gasteiger partial charge on any atom is 0.354 e. The fourth-order valence-corrected chi connectivity index (χ4v) is 2.89. The second-order valence-corrected chi connectivity index (χ2v) is 5.81. The quantitative estimate of drug-likeness (QED) is 0.660. The Hall–Kier alpha value is -2.27. The summed E-state index contributed by atoms with van der Waals surface area (Å²) < 4.78 is 11.7. The van der Waals surface area contributed by atoms with E-state index >= 15 is 0 Å². The molecule has 4 nitrogen and oxygen atoms in total. The van der Waals surface area contributed by atoms with E-state index in [0.717, 1.165) is 26.7 Å². The smallest absolute Gasteiger partial charge is 0.354 e. The van der Waals surface area contributed by atoms with Gasteiger partial charge >= 0.3 is 5.97 Å². The minimum absolute atomic E-state index is 0.348. The van der Waals surface area contributed by atoms with Crippen molar-refractivity contribution in [2.75, 3.05) is 6.61 Å². The van der Waals surface area contributed by atoms with Crippen LogP contribution < -0.4 is 4.74 Å². The normalized spacial score (nSPS) is 10.7. The van der Waals surface area contributed by atoms with Crippen molar-refractivity contribution in [2.45, 2.75) is 13.5 Å². The van der Waals surface area contributed by atoms with Gasteiger partial charge in [0.25, 0.3) is 0 Å². The van der Waals surface area contributed by atoms with Crippen LogP contribution in [0.5, 0.6) is 5.75 Å². The Labute approximate surface area is 142 Å². The van der Waals surface area contributed by atoms with E-state index in [-0.39, 0.29) is 5.97 Å². The van der Waals surface area contributed by atoms with Gasteiger partial charge in [0.2, 0.25) is 0 Å². The first-order chi connectivity index (χ1) is 11.2. The van der Waals surface area contributed by atoms with E-state index in [1.807, 2.05) is 42.5 Å². The molecule has 2 aromatic carbocycles. The molecule has 0 spiro atoms. The van der Waals surface area contributed by atoms with Crippen molar-refractivity contribution in [1.82, 2.24) is 4.98 Å². The molecule has 0 aliphatic rings. The van der Waals surface area contributed by atoms with Crippen molar-refractivity contribution in [1.29, 1.82) is 0 Å². The summed E-state index contributed by atoms with van der Waals surface area (Å²) in [4.78, 5) is 14.9. The molecule has 0 saturated carbocycles. The van der Waals surface area contributed by atoms with Gasteiger partial charge in [0.05, 0.1) is 11.1 Å². The molecular weight excluding hydrogens is 358 g/mol. The molecule has 0 bridgehead atoms. The van der Waals surface area contributed by atoms with Crippen LogP contribution in [0.25, 0.3) is 10.9 Å². The summed E-state index contributed by atoms with van der Waals surface area (Å²) in [5.41, 5.74) is 2.38. The van der Waals surface area contributed by atoms with Crippen LogP contribution in [-0.4, -0.2) is 17.6 Å². The minimum atomic E-state index is -0.359. The predicted molar refractivity (Wildman–Crippen MR) is 92.7 cm³/mol. The second-order valence-electron chi connectivity index (χ2n) is 5.02. The number of aromatic amines is 1. The largest absolute Gasteiger partial charge is 0.488 e. The molecule has 0 aliphatic heterocycles. The molecule has 1 heterocycles. The molecule has 5 heteroatoms. The van der Waals surface area contributed by atoms with Gasteiger partial charge in [0, 0.05) is 10.9 Å². The zero-order valence-electron chi connectivity index (χ0n) is 12.6. The number of hydrogen-bond acceptors (Lipinski definition) is 3. The van der Waals surface area contributed by atoms with Gasteiger partial charge in [0.1, 0.15) is 18.1 Å². The summed E-state index contributed by atoms with van der Waals surface area (Å²) in [6.07, 6.45) is 0. The maximum atomic E-state index is 11.8. The molecule has 0 radical (unpaired) electrons. The van der Waals surface area contributed by atoms with Crippen molar-refractivity contribution in [2.24, 2.45) is 0 Å². The molecule has 0 saturated heterocycles. The summed E-state index contributed by atoms with van der Waals surface area (Å²) in [7, 11) is 0. The number of fused-ring (bicyclic) bond motifs is 1. The van der Waals surface area contributed by atoms with Crippen LogP contribution >= 0.6 is 15.9 Å². The van der Waals surface area contributed by atoms with Crippen molar-refractivity contribution >= 4 is 32.8 Å². The number of carbonyl (C=O) groups is 1. The van der Waals surface area contributed by atoms with Gasteiger partial charge in [0.15, 0.2) is 0 Å². The van der Waals surface area contributed by atoms with Crippen LogP contribution in [0.4, 0.5) is 0 Å². The number of hydrogen-bond donors (Lipinski definition) is 1. The van der Waals surface area contributed by atoms with Gasteiger partial charge in [-0.25, -0.2) is 4.79 Å². The lowest BCUT2D eigenvalue weighted by Gasteiger charge is -2.08. The van der Waals surface area contributed by atoms with Gasteiger partial charge in [-0.15, -0.1) is 0 Å². The Morgan fingerprint density at radius 3 is 2.70 bits per heavy atom. The lowest BCUT2D eigenvalue weighted by atomic mass is 10.2. The van der Waals surface area contributed by atoms with E-state index < -0.39 is 0 Å². The highest BCUT2D eigenvalue weighted by atomic mass is 79.9. The number of rotatable bonds is 5. The number of H-pyrrole nitrogens is 1. The third-order valence-electron chi connectivity index (χ3n) is 3.43. The first kappa shape index (κ1) is 15.6. The van der Waals surface area contributed by atoms with Gasteiger partial charge in [-0.1, -0.05) is 30.3 Å². The van der Waals surface area contributed by atoms with E-state index in [0.29, 0.717) is 18.9 Å². The van der Waals surface area contributed by atoms with Gasteiger partial charge in [-0.2, -0.15) is 0 Å². The van der Waals surface area contributed by atoms with E-state index in [1.54, 1.807) is 13.0 Å². The van der Waals surface area contributed by atoms with E-state index in [4.69, 9.17) is 9.47 Å². The lowest BCUT2D eigenvalue weighted by Crippen LogP contribution is -2.04. The van der Waals surface area contributed by atoms with E-state index in [1.165, 1.54) is 0 Å². The maximum absolute atomic E-state index is 11.8. The molecule has 0 aliphatic carbocycles. The molecule has 0 atom stereocenters. The molecule has 0 fully saturated rings. The zero-order valence-corrected chi connectivity index (χ0v) is 14.2. The summed E-state index contributed by atoms with van der Waals surface area (Å²) in [5.74, 6) is 0.373. The van der Waals surface area contributed by atoms with Crippen LogP contribution in [0.3, 0.4) is 0 Å². The minimum Gasteiger partial charge on any atom is -0.488 e. The van der Waals surface area contributed by atoms with E-state index in [9.17, 15) is 4.79 Å². The Bertz CT molecular complexity index is 827. The Kier molecular flexibility index (Phi) is 4.67. The van der Waals surface area contributed by atoms with Gasteiger partial charge in [-0.05, 0) is 46.6 Å². The third kappa shape index (κ3) is 3.40. The van der Waals surface area contributed by atoms with Crippen LogP contribution in [0.1, 0.15) is 23.0 Å². The topological polar surface area (TPSA) is 51.3 Å². The zero-order chi connectivity index (χ0) is 16.2. The van der Waals surface area contributed by atoms with Gasteiger partial charge in [-0.3, -0.25) is 0 Å². The lowest BCUT2D eigenvalue weighted by molar-refractivity contribution is 0.0520. The molecule has 1 N–H and O–H groups in total. The fourth-order valence-electron chi connectivity index (χ4n) is 2.31. The summed E-state index contributed by atoms with van der Waals surface area (Å²) in [6.45, 7) is 2.62. The fraction of sp³-hybridized carbons (Fsp3) is 0.167. The average molecular weight is 374 g/mol. The molecule has 0 unspecified atom stereocenters. The SMILES string of the molecule is CCOC(=O)c1cc2c(Br)c(OCc3ccccc3)ccc2[nH]1. The second kappa shape index (κ2) is 6.87. The van der Waals surface area contributed by atoms with Crippen molar-refractivity contribution in [3.8, 4) is 5.75 Å². The highest BCUT2D eigenvalue weighted by molar-refractivity contribution is 9.10. The molecule has 0 amide bonds. The van der Waals surface area contributed by atoms with Crippen molar-refractivity contribution in [3.05, 3.63) is 64.3 Å². The van der Waals surface area contributed by atoms with Crippen LogP contribution in [0, 0.1) is 0 Å². The molecule has 118 valence electrons. The van der Waals surface area contributed by atoms with Crippen molar-refractivity contribution < 1.29 is 14.3 Å². The summed E-state index contributed by atoms with van der Waals surface area (Å²) in [5, 5.41) is 0.888. The van der Waals surface area contributed by atoms with Crippen LogP contribution in [-0.2, 0) is 11.3 Å². The van der Waals surface area contributed by atoms with Gasteiger partial charge < -0.3 is 14.5 Å². The first-order valence-electron chi connectivity index (χ1n) is 7.34. The average Bonchev–Trinajstić information content (AvgIpc) is 3.01. The molecule has 1 aromatic heterocycles. The number of ether oxygens (including phenoxy) is 2. The number of esters is 1. The highest BCUT2D eigenvalue weighted by Crippen LogP contribution is 2.34. The monoisotopic (exact) mass is 373 g/mol. The Morgan fingerprint density at radius 1 is 1.17 bits per heavy atom. The number of benzene rings is 2. The molecule has 3 rings (SSSR count). The molecule has 3 aromatic rings. The highest BCUT2D eigenvalue weighted by Gasteiger charge is 2.14. The summed E-state index contributed by atoms with van der Waals surface area (Å²) >= 11 is 3.56. The predicted octanol–water partition coefficient (Wildman–Crippen LogP) is 4.69. The van der Waals surface area contributed by atoms with Crippen LogP contribution in [0.2, 0.25) is 0 Å². The first-order valence-corrected chi connectivity index (χ1v) is 8.13. The molecule has 23 heavy (non-hydrogen) atoms. The third-order valence-corrected chi connectivity index (χ3v) is 4.25. The van der Waals surface area contributed by atoms with Crippen molar-refractivity contribution in [3.63, 3.8) is 0 Å².